The third-order valence-corrected chi connectivity index (χ3v) is 3.91. The number of Topliss-reactive ketones (excluding diaryl/α,β-unsaturated/α-hetero) is 1. The lowest BCUT2D eigenvalue weighted by molar-refractivity contribution is -0.126. The molecule has 2 aromatic carbocycles. The highest BCUT2D eigenvalue weighted by atomic mass is 16.3. The van der Waals surface area contributed by atoms with Crippen LogP contribution in [0.15, 0.2) is 60.8 Å². The van der Waals surface area contributed by atoms with E-state index in [0.29, 0.717) is 17.9 Å². The third-order valence-electron chi connectivity index (χ3n) is 3.91. The second kappa shape index (κ2) is 7.21. The number of carbonyl (C=O) groups is 1. The fourth-order valence-corrected chi connectivity index (χ4v) is 2.61. The fourth-order valence-electron chi connectivity index (χ4n) is 2.61. The van der Waals surface area contributed by atoms with Crippen molar-refractivity contribution in [2.24, 2.45) is 0 Å². The number of carbonyl (C=O) groups excluding carboxylic acids is 1. The number of rotatable bonds is 6. The maximum absolute atomic E-state index is 12.1. The van der Waals surface area contributed by atoms with Gasteiger partial charge in [-0.2, -0.15) is 0 Å². The number of nitrogens with two attached hydrogens (primary N) is 1. The van der Waals surface area contributed by atoms with Crippen molar-refractivity contribution in [3.63, 3.8) is 0 Å². The Hall–Kier alpha value is -2.76. The molecule has 0 radical (unpaired) electrons. The number of ketones is 1. The van der Waals surface area contributed by atoms with Gasteiger partial charge in [0.1, 0.15) is 11.9 Å². The van der Waals surface area contributed by atoms with Gasteiger partial charge in [0.05, 0.1) is 6.54 Å². The number of aromatic nitrogens is 1. The number of pyridine rings is 1. The van der Waals surface area contributed by atoms with E-state index in [1.807, 2.05) is 30.3 Å². The van der Waals surface area contributed by atoms with Crippen LogP contribution in [0.1, 0.15) is 17.2 Å². The lowest BCUT2D eigenvalue weighted by Gasteiger charge is -2.11. The van der Waals surface area contributed by atoms with Crippen LogP contribution in [0, 0.1) is 0 Å². The number of fused-ring (bicyclic) bond motifs is 1. The highest BCUT2D eigenvalue weighted by molar-refractivity contribution is 5.91. The zero-order chi connectivity index (χ0) is 16.9. The molecule has 0 aliphatic carbocycles. The number of nitrogens with one attached hydrogen (secondary N) is 1. The normalized spacial score (nSPS) is 12.2. The minimum Gasteiger partial charge on any atom is -0.383 e. The minimum absolute atomic E-state index is 0.104. The van der Waals surface area contributed by atoms with Crippen molar-refractivity contribution in [3.8, 4) is 0 Å². The van der Waals surface area contributed by atoms with Crippen LogP contribution >= 0.6 is 0 Å². The van der Waals surface area contributed by atoms with E-state index in [1.54, 1.807) is 30.5 Å². The Morgan fingerprint density at radius 3 is 2.75 bits per heavy atom. The van der Waals surface area contributed by atoms with Crippen molar-refractivity contribution in [2.45, 2.75) is 12.6 Å². The Morgan fingerprint density at radius 1 is 1.17 bits per heavy atom. The third kappa shape index (κ3) is 3.59. The predicted molar refractivity (Wildman–Crippen MR) is 94.3 cm³/mol. The first-order valence-electron chi connectivity index (χ1n) is 7.75. The molecule has 3 rings (SSSR count). The van der Waals surface area contributed by atoms with Crippen LogP contribution < -0.4 is 11.1 Å². The summed E-state index contributed by atoms with van der Waals surface area (Å²) in [5, 5.41) is 15.0. The molecule has 0 aliphatic heterocycles. The van der Waals surface area contributed by atoms with E-state index < -0.39 is 6.10 Å². The number of nitrogens with zero attached hydrogens (tertiary/aromatic N) is 1. The standard InChI is InChI=1S/C19H19N3O2/c20-19-16-7-6-13(10-15(16)8-9-22-19)11-21-12-17(23)18(24)14-4-2-1-3-5-14/h1-10,18,21,24H,11-12H2,(H2,20,22). The molecule has 0 saturated heterocycles. The lowest BCUT2D eigenvalue weighted by atomic mass is 10.1. The minimum atomic E-state index is -1.10. The van der Waals surface area contributed by atoms with Crippen molar-refractivity contribution < 1.29 is 9.90 Å². The van der Waals surface area contributed by atoms with E-state index in [0.717, 1.165) is 16.3 Å². The fraction of sp³-hybridized carbons (Fsp3) is 0.158. The van der Waals surface area contributed by atoms with Gasteiger partial charge in [0.2, 0.25) is 0 Å². The van der Waals surface area contributed by atoms with Gasteiger partial charge in [0.15, 0.2) is 5.78 Å². The van der Waals surface area contributed by atoms with Crippen molar-refractivity contribution in [1.29, 1.82) is 0 Å². The predicted octanol–water partition coefficient (Wildman–Crippen LogP) is 2.21. The average molecular weight is 321 g/mol. The Labute approximate surface area is 140 Å². The van der Waals surface area contributed by atoms with E-state index in [9.17, 15) is 9.90 Å². The number of nitrogen functional groups attached to an aromatic ring is 1. The maximum atomic E-state index is 12.1. The van der Waals surface area contributed by atoms with E-state index in [-0.39, 0.29) is 12.3 Å². The van der Waals surface area contributed by atoms with E-state index in [2.05, 4.69) is 10.3 Å². The van der Waals surface area contributed by atoms with Gasteiger partial charge in [-0.15, -0.1) is 0 Å². The zero-order valence-corrected chi connectivity index (χ0v) is 13.1. The summed E-state index contributed by atoms with van der Waals surface area (Å²) in [5.74, 6) is 0.253. The van der Waals surface area contributed by atoms with Crippen LogP contribution in [0.25, 0.3) is 10.8 Å². The summed E-state index contributed by atoms with van der Waals surface area (Å²) >= 11 is 0. The van der Waals surface area contributed by atoms with Gasteiger partial charge in [-0.05, 0) is 28.6 Å². The van der Waals surface area contributed by atoms with Crippen LogP contribution in [0.2, 0.25) is 0 Å². The number of aliphatic hydroxyl groups excluding tert-OH is 1. The summed E-state index contributed by atoms with van der Waals surface area (Å²) in [6.07, 6.45) is 0.579. The molecule has 0 fully saturated rings. The second-order valence-electron chi connectivity index (χ2n) is 5.63. The highest BCUT2D eigenvalue weighted by Crippen LogP contribution is 2.20. The monoisotopic (exact) mass is 321 g/mol. The molecule has 4 N–H and O–H groups in total. The van der Waals surface area contributed by atoms with Gasteiger partial charge in [0, 0.05) is 18.1 Å². The Balaban J connectivity index is 1.59. The van der Waals surface area contributed by atoms with Gasteiger partial charge in [0.25, 0.3) is 0 Å². The lowest BCUT2D eigenvalue weighted by Crippen LogP contribution is -2.27. The summed E-state index contributed by atoms with van der Waals surface area (Å²) in [6, 6.07) is 16.7. The molecule has 5 nitrogen and oxygen atoms in total. The number of anilines is 1. The van der Waals surface area contributed by atoms with E-state index in [4.69, 9.17) is 5.73 Å². The van der Waals surface area contributed by atoms with Crippen LogP contribution in [-0.2, 0) is 11.3 Å². The number of benzene rings is 2. The van der Waals surface area contributed by atoms with Crippen molar-refractivity contribution in [1.82, 2.24) is 10.3 Å². The van der Waals surface area contributed by atoms with Gasteiger partial charge in [-0.3, -0.25) is 4.79 Å². The smallest absolute Gasteiger partial charge is 0.179 e. The first kappa shape index (κ1) is 16.1. The molecule has 3 aromatic rings. The molecule has 5 heteroatoms. The van der Waals surface area contributed by atoms with Gasteiger partial charge in [-0.25, -0.2) is 4.98 Å². The summed E-state index contributed by atoms with van der Waals surface area (Å²) in [6.45, 7) is 0.637. The molecule has 1 unspecified atom stereocenters. The number of hydrogen-bond acceptors (Lipinski definition) is 5. The van der Waals surface area contributed by atoms with Gasteiger partial charge in [-0.1, -0.05) is 42.5 Å². The van der Waals surface area contributed by atoms with Gasteiger partial charge < -0.3 is 16.2 Å². The van der Waals surface area contributed by atoms with E-state index >= 15 is 0 Å². The molecule has 122 valence electrons. The van der Waals surface area contributed by atoms with Crippen molar-refractivity contribution >= 4 is 22.4 Å². The highest BCUT2D eigenvalue weighted by Gasteiger charge is 2.16. The maximum Gasteiger partial charge on any atom is 0.179 e. The van der Waals surface area contributed by atoms with Crippen LogP contribution in [0.3, 0.4) is 0 Å². The second-order valence-corrected chi connectivity index (χ2v) is 5.63. The van der Waals surface area contributed by atoms with Crippen LogP contribution in [0.4, 0.5) is 5.82 Å². The Bertz CT molecular complexity index is 850. The van der Waals surface area contributed by atoms with E-state index in [1.165, 1.54) is 0 Å². The molecule has 1 heterocycles. The summed E-state index contributed by atoms with van der Waals surface area (Å²) in [7, 11) is 0. The average Bonchev–Trinajstić information content (AvgIpc) is 2.62. The Kier molecular flexibility index (Phi) is 4.84. The largest absolute Gasteiger partial charge is 0.383 e. The SMILES string of the molecule is Nc1nccc2cc(CNCC(=O)C(O)c3ccccc3)ccc12. The molecule has 0 aliphatic rings. The molecule has 0 amide bonds. The zero-order valence-electron chi connectivity index (χ0n) is 13.1. The summed E-state index contributed by atoms with van der Waals surface area (Å²) in [4.78, 5) is 16.1. The number of hydrogen-bond donors (Lipinski definition) is 3. The topological polar surface area (TPSA) is 88.2 Å². The molecule has 0 spiro atoms. The Morgan fingerprint density at radius 2 is 1.96 bits per heavy atom. The van der Waals surface area contributed by atoms with Crippen molar-refractivity contribution in [3.05, 3.63) is 71.9 Å². The molecule has 0 bridgehead atoms. The van der Waals surface area contributed by atoms with Crippen LogP contribution in [-0.4, -0.2) is 22.4 Å². The van der Waals surface area contributed by atoms with Gasteiger partial charge >= 0.3 is 0 Å². The molecular formula is C19H19N3O2. The molecular weight excluding hydrogens is 302 g/mol. The van der Waals surface area contributed by atoms with Crippen LogP contribution in [0.5, 0.6) is 0 Å². The molecule has 0 saturated carbocycles. The van der Waals surface area contributed by atoms with Crippen molar-refractivity contribution in [2.75, 3.05) is 12.3 Å². The first-order valence-corrected chi connectivity index (χ1v) is 7.75. The number of aliphatic hydroxyl groups is 1. The summed E-state index contributed by atoms with van der Waals surface area (Å²) in [5.41, 5.74) is 7.48. The molecule has 1 aromatic heterocycles. The molecule has 24 heavy (non-hydrogen) atoms. The summed E-state index contributed by atoms with van der Waals surface area (Å²) < 4.78 is 0. The first-order chi connectivity index (χ1) is 11.6. The quantitative estimate of drug-likeness (QED) is 0.648. The molecule has 1 atom stereocenters.